The van der Waals surface area contributed by atoms with Gasteiger partial charge in [-0.15, -0.1) is 0 Å². The van der Waals surface area contributed by atoms with Crippen molar-refractivity contribution in [3.05, 3.63) is 0 Å². The highest BCUT2D eigenvalue weighted by molar-refractivity contribution is 5.80. The number of rotatable bonds is 7. The van der Waals surface area contributed by atoms with Crippen LogP contribution in [0.5, 0.6) is 0 Å². The van der Waals surface area contributed by atoms with Gasteiger partial charge < -0.3 is 16.0 Å². The molecule has 1 heterocycles. The smallest absolute Gasteiger partial charge is 0.317 e. The molecule has 2 fully saturated rings. The van der Waals surface area contributed by atoms with Crippen LogP contribution in [0, 0.1) is 5.92 Å². The van der Waals surface area contributed by atoms with Crippen molar-refractivity contribution in [2.24, 2.45) is 11.7 Å². The Kier molecular flexibility index (Phi) is 5.85. The minimum Gasteiger partial charge on any atom is -0.368 e. The normalized spacial score (nSPS) is 22.8. The zero-order valence-corrected chi connectivity index (χ0v) is 13.0. The second-order valence-electron chi connectivity index (χ2n) is 6.36. The fourth-order valence-corrected chi connectivity index (χ4v) is 3.17. The molecule has 6 heteroatoms. The van der Waals surface area contributed by atoms with Crippen LogP contribution in [0.4, 0.5) is 4.79 Å². The van der Waals surface area contributed by atoms with Crippen LogP contribution in [-0.2, 0) is 4.79 Å². The van der Waals surface area contributed by atoms with Gasteiger partial charge in [-0.3, -0.25) is 9.69 Å². The van der Waals surface area contributed by atoms with Gasteiger partial charge in [-0.2, -0.15) is 0 Å². The zero-order valence-electron chi connectivity index (χ0n) is 13.0. The van der Waals surface area contributed by atoms with Crippen molar-refractivity contribution >= 4 is 11.9 Å². The first kappa shape index (κ1) is 16.1. The molecule has 21 heavy (non-hydrogen) atoms. The van der Waals surface area contributed by atoms with Crippen molar-refractivity contribution < 1.29 is 9.59 Å². The highest BCUT2D eigenvalue weighted by Gasteiger charge is 2.28. The molecular weight excluding hydrogens is 268 g/mol. The monoisotopic (exact) mass is 296 g/mol. The predicted molar refractivity (Wildman–Crippen MR) is 81.8 cm³/mol. The summed E-state index contributed by atoms with van der Waals surface area (Å²) >= 11 is 0. The molecule has 1 saturated heterocycles. The van der Waals surface area contributed by atoms with Gasteiger partial charge in [-0.25, -0.2) is 4.79 Å². The van der Waals surface area contributed by atoms with Crippen molar-refractivity contribution in [2.75, 3.05) is 33.2 Å². The van der Waals surface area contributed by atoms with E-state index in [1.807, 2.05) is 7.05 Å². The summed E-state index contributed by atoms with van der Waals surface area (Å²) in [6.45, 7) is 3.26. The largest absolute Gasteiger partial charge is 0.368 e. The first-order valence-corrected chi connectivity index (χ1v) is 8.10. The number of carbonyl (C=O) groups is 2. The van der Waals surface area contributed by atoms with E-state index in [1.54, 1.807) is 4.90 Å². The van der Waals surface area contributed by atoms with Crippen LogP contribution in [0.3, 0.4) is 0 Å². The Bertz CT molecular complexity index is 371. The molecule has 3 amide bonds. The summed E-state index contributed by atoms with van der Waals surface area (Å²) in [6, 6.07) is -0.100. The average molecular weight is 296 g/mol. The molecule has 0 radical (unpaired) electrons. The fraction of sp³-hybridized carbons (Fsp3) is 0.867. The summed E-state index contributed by atoms with van der Waals surface area (Å²) in [6.07, 6.45) is 6.56. The molecule has 0 spiro atoms. The maximum atomic E-state index is 11.9. The molecule has 1 atom stereocenters. The molecule has 0 aromatic rings. The van der Waals surface area contributed by atoms with Crippen LogP contribution in [0.2, 0.25) is 0 Å². The van der Waals surface area contributed by atoms with E-state index >= 15 is 0 Å². The first-order valence-electron chi connectivity index (χ1n) is 8.10. The van der Waals surface area contributed by atoms with Crippen molar-refractivity contribution in [3.63, 3.8) is 0 Å². The number of amides is 3. The van der Waals surface area contributed by atoms with Crippen LogP contribution < -0.4 is 11.1 Å². The maximum absolute atomic E-state index is 11.9. The van der Waals surface area contributed by atoms with Crippen LogP contribution >= 0.6 is 0 Å². The molecule has 1 saturated carbocycles. The van der Waals surface area contributed by atoms with Crippen molar-refractivity contribution in [1.82, 2.24) is 15.1 Å². The summed E-state index contributed by atoms with van der Waals surface area (Å²) in [5, 5.41) is 2.95. The van der Waals surface area contributed by atoms with Gasteiger partial charge in [0.1, 0.15) is 0 Å². The standard InChI is InChI=1S/C15H28N4O2/c1-18(11-12-5-2-6-12)15(21)17-8-4-10-19-9-3-7-13(19)14(16)20/h12-13H,2-11H2,1H3,(H2,16,20)(H,17,21)/t13-/m1/s1. The van der Waals surface area contributed by atoms with E-state index in [9.17, 15) is 9.59 Å². The SMILES string of the molecule is CN(CC1CCC1)C(=O)NCCCN1CCC[C@@H]1C(N)=O. The van der Waals surface area contributed by atoms with Gasteiger partial charge in [-0.1, -0.05) is 6.42 Å². The summed E-state index contributed by atoms with van der Waals surface area (Å²) in [5.41, 5.74) is 5.39. The Morgan fingerprint density at radius 3 is 2.67 bits per heavy atom. The third-order valence-corrected chi connectivity index (χ3v) is 4.69. The second-order valence-corrected chi connectivity index (χ2v) is 6.36. The Balaban J connectivity index is 1.58. The van der Waals surface area contributed by atoms with E-state index < -0.39 is 0 Å². The molecule has 0 unspecified atom stereocenters. The highest BCUT2D eigenvalue weighted by atomic mass is 16.2. The molecule has 2 rings (SSSR count). The quantitative estimate of drug-likeness (QED) is 0.681. The molecule has 120 valence electrons. The van der Waals surface area contributed by atoms with Crippen molar-refractivity contribution in [3.8, 4) is 0 Å². The fourth-order valence-electron chi connectivity index (χ4n) is 3.17. The average Bonchev–Trinajstić information content (AvgIpc) is 2.87. The molecule has 1 aliphatic carbocycles. The molecule has 0 aromatic heterocycles. The van der Waals surface area contributed by atoms with Gasteiger partial charge in [0.15, 0.2) is 0 Å². The van der Waals surface area contributed by atoms with Gasteiger partial charge in [0.2, 0.25) is 5.91 Å². The topological polar surface area (TPSA) is 78.7 Å². The highest BCUT2D eigenvalue weighted by Crippen LogP contribution is 2.26. The number of nitrogens with one attached hydrogen (secondary N) is 1. The van der Waals surface area contributed by atoms with Gasteiger partial charge in [0, 0.05) is 26.7 Å². The Labute approximate surface area is 127 Å². The Morgan fingerprint density at radius 1 is 1.29 bits per heavy atom. The minimum atomic E-state index is -0.225. The van der Waals surface area contributed by atoms with Gasteiger partial charge in [0.05, 0.1) is 6.04 Å². The number of likely N-dealkylation sites (tertiary alicyclic amines) is 1. The molecule has 6 nitrogen and oxygen atoms in total. The van der Waals surface area contributed by atoms with E-state index in [0.29, 0.717) is 12.5 Å². The Morgan fingerprint density at radius 2 is 2.05 bits per heavy atom. The number of urea groups is 1. The summed E-state index contributed by atoms with van der Waals surface area (Å²) in [5.74, 6) is 0.471. The molecule has 1 aliphatic heterocycles. The van der Waals surface area contributed by atoms with Gasteiger partial charge >= 0.3 is 6.03 Å². The van der Waals surface area contributed by atoms with E-state index in [1.165, 1.54) is 19.3 Å². The molecule has 0 bridgehead atoms. The van der Waals surface area contributed by atoms with Crippen LogP contribution in [-0.4, -0.2) is 61.0 Å². The number of nitrogens with two attached hydrogens (primary N) is 1. The maximum Gasteiger partial charge on any atom is 0.317 e. The van der Waals surface area contributed by atoms with Gasteiger partial charge in [0.25, 0.3) is 0 Å². The lowest BCUT2D eigenvalue weighted by atomic mass is 9.85. The lowest BCUT2D eigenvalue weighted by Gasteiger charge is -2.30. The summed E-state index contributed by atoms with van der Waals surface area (Å²) in [7, 11) is 1.86. The zero-order chi connectivity index (χ0) is 15.2. The lowest BCUT2D eigenvalue weighted by Crippen LogP contribution is -2.43. The molecule has 3 N–H and O–H groups in total. The van der Waals surface area contributed by atoms with Crippen LogP contribution in [0.15, 0.2) is 0 Å². The number of carbonyl (C=O) groups excluding carboxylic acids is 2. The number of hydrogen-bond donors (Lipinski definition) is 2. The summed E-state index contributed by atoms with van der Waals surface area (Å²) < 4.78 is 0. The minimum absolute atomic E-state index is 0.00905. The molecule has 2 aliphatic rings. The van der Waals surface area contributed by atoms with E-state index in [2.05, 4.69) is 10.2 Å². The second kappa shape index (κ2) is 7.64. The van der Waals surface area contributed by atoms with Crippen molar-refractivity contribution in [1.29, 1.82) is 0 Å². The molecule has 0 aromatic carbocycles. The number of hydrogen-bond acceptors (Lipinski definition) is 3. The first-order chi connectivity index (χ1) is 10.1. The third kappa shape index (κ3) is 4.59. The third-order valence-electron chi connectivity index (χ3n) is 4.69. The van der Waals surface area contributed by atoms with Crippen LogP contribution in [0.25, 0.3) is 0 Å². The number of nitrogens with zero attached hydrogens (tertiary/aromatic N) is 2. The summed E-state index contributed by atoms with van der Waals surface area (Å²) in [4.78, 5) is 27.1. The number of primary amides is 1. The van der Waals surface area contributed by atoms with E-state index in [0.717, 1.165) is 38.9 Å². The lowest BCUT2D eigenvalue weighted by molar-refractivity contribution is -0.122. The van der Waals surface area contributed by atoms with Gasteiger partial charge in [-0.05, 0) is 44.6 Å². The van der Waals surface area contributed by atoms with E-state index in [4.69, 9.17) is 5.73 Å². The molecular formula is C15H28N4O2. The van der Waals surface area contributed by atoms with Crippen molar-refractivity contribution in [2.45, 2.75) is 44.6 Å². The predicted octanol–water partition coefficient (Wildman–Crippen LogP) is 0.768. The van der Waals surface area contributed by atoms with Crippen LogP contribution in [0.1, 0.15) is 38.5 Å². The Hall–Kier alpha value is -1.30. The van der Waals surface area contributed by atoms with E-state index in [-0.39, 0.29) is 18.0 Å².